The number of carbonyl (C=O) groups is 3. The van der Waals surface area contributed by atoms with Gasteiger partial charge in [0, 0.05) is 23.1 Å². The van der Waals surface area contributed by atoms with Crippen molar-refractivity contribution in [2.24, 2.45) is 16.8 Å². The molecule has 10 heteroatoms. The summed E-state index contributed by atoms with van der Waals surface area (Å²) >= 11 is 0. The minimum absolute atomic E-state index is 0.0458. The topological polar surface area (TPSA) is 142 Å². The van der Waals surface area contributed by atoms with Crippen LogP contribution in [0.5, 0.6) is 0 Å². The van der Waals surface area contributed by atoms with E-state index in [0.29, 0.717) is 17.0 Å². The third-order valence-corrected chi connectivity index (χ3v) is 10.3. The van der Waals surface area contributed by atoms with Gasteiger partial charge in [0.1, 0.15) is 12.6 Å². The second kappa shape index (κ2) is 11.5. The molecule has 0 aromatic heterocycles. The molecule has 10 nitrogen and oxygen atoms in total. The Morgan fingerprint density at radius 1 is 1.05 bits per heavy atom. The maximum absolute atomic E-state index is 14.5. The maximum Gasteiger partial charge on any atom is 0.249 e. The fraction of sp³-hybridized carbons (Fsp3) is 0.700. The van der Waals surface area contributed by atoms with Crippen molar-refractivity contribution in [3.63, 3.8) is 0 Å². The molecule has 3 aliphatic heterocycles. The largest absolute Gasteiger partial charge is 0.367 e. The molecule has 40 heavy (non-hydrogen) atoms. The second-order valence-electron chi connectivity index (χ2n) is 12.4. The van der Waals surface area contributed by atoms with Gasteiger partial charge in [0.15, 0.2) is 5.78 Å². The van der Waals surface area contributed by atoms with Crippen LogP contribution < -0.4 is 5.73 Å². The molecule has 5 aliphatic rings. The van der Waals surface area contributed by atoms with Gasteiger partial charge in [-0.1, -0.05) is 42.9 Å². The van der Waals surface area contributed by atoms with Crippen LogP contribution in [-0.4, -0.2) is 77.9 Å². The van der Waals surface area contributed by atoms with Crippen molar-refractivity contribution in [3.05, 3.63) is 45.3 Å². The normalized spacial score (nSPS) is 29.1. The molecule has 0 spiro atoms. The van der Waals surface area contributed by atoms with E-state index < -0.39 is 30.0 Å². The van der Waals surface area contributed by atoms with Gasteiger partial charge in [-0.25, -0.2) is 0 Å². The summed E-state index contributed by atoms with van der Waals surface area (Å²) in [5.74, 6) is -1.06. The highest BCUT2D eigenvalue weighted by molar-refractivity contribution is 5.99. The zero-order valence-electron chi connectivity index (χ0n) is 23.1. The number of hydrogen-bond donors (Lipinski definition) is 1. The summed E-state index contributed by atoms with van der Waals surface area (Å²) in [7, 11) is 0. The summed E-state index contributed by atoms with van der Waals surface area (Å²) in [5.41, 5.74) is 17.2. The first-order valence-corrected chi connectivity index (χ1v) is 15.1. The van der Waals surface area contributed by atoms with Crippen molar-refractivity contribution in [2.75, 3.05) is 26.2 Å². The number of amides is 2. The van der Waals surface area contributed by atoms with Crippen molar-refractivity contribution < 1.29 is 19.1 Å². The number of ether oxygens (including phenoxy) is 1. The SMILES string of the molecule is [N-]=[N+]=N[C@@H]1CN(C(=O)[C@H](c2cc(C3CCN(C4CCC4)CC3)ccc2C(N)=O)C2CCCCC2)[C@@H]2C(=O)CO[C@@H]21. The van der Waals surface area contributed by atoms with Gasteiger partial charge in [-0.2, -0.15) is 0 Å². The number of likely N-dealkylation sites (tertiary alicyclic amines) is 2. The van der Waals surface area contributed by atoms with Crippen LogP contribution in [0, 0.1) is 5.92 Å². The highest BCUT2D eigenvalue weighted by Crippen LogP contribution is 2.43. The number of hydrogen-bond acceptors (Lipinski definition) is 6. The highest BCUT2D eigenvalue weighted by Gasteiger charge is 2.53. The van der Waals surface area contributed by atoms with Gasteiger partial charge in [-0.3, -0.25) is 14.4 Å². The van der Waals surface area contributed by atoms with Crippen LogP contribution in [0.1, 0.15) is 97.5 Å². The molecule has 6 rings (SSSR count). The number of carbonyl (C=O) groups excluding carboxylic acids is 3. The summed E-state index contributed by atoms with van der Waals surface area (Å²) < 4.78 is 5.68. The smallest absolute Gasteiger partial charge is 0.249 e. The first-order valence-electron chi connectivity index (χ1n) is 15.1. The molecule has 214 valence electrons. The van der Waals surface area contributed by atoms with Crippen molar-refractivity contribution in [3.8, 4) is 0 Å². The van der Waals surface area contributed by atoms with Crippen molar-refractivity contribution in [2.45, 2.75) is 100 Å². The zero-order chi connectivity index (χ0) is 27.8. The summed E-state index contributed by atoms with van der Waals surface area (Å²) in [6.45, 7) is 2.20. The third-order valence-electron chi connectivity index (χ3n) is 10.3. The first-order chi connectivity index (χ1) is 19.5. The van der Waals surface area contributed by atoms with Crippen molar-refractivity contribution >= 4 is 17.6 Å². The van der Waals surface area contributed by atoms with E-state index in [4.69, 9.17) is 16.0 Å². The molecule has 2 aliphatic carbocycles. The lowest BCUT2D eigenvalue weighted by Gasteiger charge is -2.42. The third kappa shape index (κ3) is 5.01. The van der Waals surface area contributed by atoms with E-state index in [0.717, 1.165) is 69.6 Å². The van der Waals surface area contributed by atoms with E-state index in [1.807, 2.05) is 12.1 Å². The molecule has 1 aromatic carbocycles. The molecular weight excluding hydrogens is 508 g/mol. The molecule has 2 N–H and O–H groups in total. The van der Waals surface area contributed by atoms with Gasteiger partial charge in [0.2, 0.25) is 11.8 Å². The number of Topliss-reactive ketones (excluding diaryl/α,β-unsaturated/α-hetero) is 1. The Hall–Kier alpha value is -2.94. The van der Waals surface area contributed by atoms with E-state index >= 15 is 0 Å². The molecule has 3 heterocycles. The van der Waals surface area contributed by atoms with E-state index in [1.54, 1.807) is 4.90 Å². The quantitative estimate of drug-likeness (QED) is 0.311. The zero-order valence-corrected chi connectivity index (χ0v) is 23.1. The minimum atomic E-state index is -0.759. The fourth-order valence-corrected chi connectivity index (χ4v) is 7.93. The molecule has 1 aromatic rings. The number of ketones is 1. The van der Waals surface area contributed by atoms with E-state index in [-0.39, 0.29) is 30.8 Å². The van der Waals surface area contributed by atoms with Crippen LogP contribution in [0.2, 0.25) is 0 Å². The van der Waals surface area contributed by atoms with Gasteiger partial charge in [0.25, 0.3) is 0 Å². The van der Waals surface area contributed by atoms with Crippen LogP contribution in [0.4, 0.5) is 0 Å². The van der Waals surface area contributed by atoms with Crippen LogP contribution in [0.3, 0.4) is 0 Å². The Labute approximate surface area is 235 Å². The molecule has 5 fully saturated rings. The van der Waals surface area contributed by atoms with Gasteiger partial charge < -0.3 is 20.3 Å². The Kier molecular flexibility index (Phi) is 7.84. The molecule has 0 radical (unpaired) electrons. The second-order valence-corrected chi connectivity index (χ2v) is 12.4. The number of azide groups is 1. The molecule has 2 amide bonds. The van der Waals surface area contributed by atoms with E-state index in [9.17, 15) is 14.4 Å². The number of piperidine rings is 1. The van der Waals surface area contributed by atoms with Crippen LogP contribution in [0.25, 0.3) is 10.4 Å². The van der Waals surface area contributed by atoms with Crippen LogP contribution >= 0.6 is 0 Å². The van der Waals surface area contributed by atoms with Crippen LogP contribution in [0.15, 0.2) is 23.3 Å². The maximum atomic E-state index is 14.5. The lowest BCUT2D eigenvalue weighted by atomic mass is 9.73. The van der Waals surface area contributed by atoms with E-state index in [2.05, 4.69) is 21.0 Å². The van der Waals surface area contributed by atoms with Gasteiger partial charge in [0.05, 0.1) is 18.1 Å². The number of nitrogens with two attached hydrogens (primary N) is 1. The average Bonchev–Trinajstić information content (AvgIpc) is 3.49. The molecule has 0 bridgehead atoms. The van der Waals surface area contributed by atoms with E-state index in [1.165, 1.54) is 19.3 Å². The monoisotopic (exact) mass is 548 g/mol. The number of primary amides is 1. The molecule has 4 atom stereocenters. The number of nitrogens with zero attached hydrogens (tertiary/aromatic N) is 5. The Bertz CT molecular complexity index is 1200. The molecular formula is C30H40N6O4. The number of fused-ring (bicyclic) bond motifs is 1. The minimum Gasteiger partial charge on any atom is -0.367 e. The van der Waals surface area contributed by atoms with Crippen LogP contribution in [-0.2, 0) is 14.3 Å². The van der Waals surface area contributed by atoms with Crippen molar-refractivity contribution in [1.82, 2.24) is 9.80 Å². The number of rotatable bonds is 7. The Morgan fingerprint density at radius 2 is 1.80 bits per heavy atom. The summed E-state index contributed by atoms with van der Waals surface area (Å²) in [6.07, 6.45) is 10.4. The number of benzene rings is 1. The molecule has 0 unspecified atom stereocenters. The lowest BCUT2D eigenvalue weighted by molar-refractivity contribution is -0.139. The predicted molar refractivity (Wildman–Crippen MR) is 149 cm³/mol. The fourth-order valence-electron chi connectivity index (χ4n) is 7.93. The summed E-state index contributed by atoms with van der Waals surface area (Å²) in [4.78, 5) is 47.3. The van der Waals surface area contributed by atoms with Gasteiger partial charge in [-0.05, 0) is 86.2 Å². The predicted octanol–water partition coefficient (Wildman–Crippen LogP) is 4.04. The standard InChI is InChI=1S/C30H40N6O4/c31-29(38)22-10-9-20(18-11-13-35(14-12-18)21-7-4-8-21)15-23(22)26(19-5-2-1-3-6-19)30(39)36-16-24(33-34-32)28-27(36)25(37)17-40-28/h9-10,15,18-19,21,24,26-28H,1-8,11-14,16-17H2,(H2,31,38)/t24-,26+,27-,28-/m1/s1. The molecule has 2 saturated carbocycles. The molecule has 3 saturated heterocycles. The summed E-state index contributed by atoms with van der Waals surface area (Å²) in [5, 5.41) is 3.86. The highest BCUT2D eigenvalue weighted by atomic mass is 16.5. The Morgan fingerprint density at radius 3 is 2.45 bits per heavy atom. The average molecular weight is 549 g/mol. The van der Waals surface area contributed by atoms with Crippen molar-refractivity contribution in [1.29, 1.82) is 0 Å². The van der Waals surface area contributed by atoms with Gasteiger partial charge in [-0.15, -0.1) is 0 Å². The first kappa shape index (κ1) is 27.2. The van der Waals surface area contributed by atoms with Gasteiger partial charge >= 0.3 is 0 Å². The Balaban J connectivity index is 1.34. The summed E-state index contributed by atoms with van der Waals surface area (Å²) in [6, 6.07) is 5.28. The lowest BCUT2D eigenvalue weighted by Crippen LogP contribution is -2.46.